The van der Waals surface area contributed by atoms with E-state index in [1.165, 1.54) is 12.8 Å². The maximum absolute atomic E-state index is 6.29. The van der Waals surface area contributed by atoms with E-state index >= 15 is 0 Å². The van der Waals surface area contributed by atoms with Gasteiger partial charge in [-0.15, -0.1) is 0 Å². The lowest BCUT2D eigenvalue weighted by Crippen LogP contribution is -2.36. The Labute approximate surface area is 116 Å². The number of rotatable bonds is 3. The number of nitrogens with zero attached hydrogens (tertiary/aromatic N) is 1. The fourth-order valence-corrected chi connectivity index (χ4v) is 3.25. The molecule has 94 valence electrons. The molecule has 2 unspecified atom stereocenters. The third-order valence-electron chi connectivity index (χ3n) is 3.55. The minimum absolute atomic E-state index is 0.234. The molecule has 0 radical (unpaired) electrons. The van der Waals surface area contributed by atoms with E-state index in [1.54, 1.807) is 0 Å². The summed E-state index contributed by atoms with van der Waals surface area (Å²) in [6.07, 6.45) is 2.51. The van der Waals surface area contributed by atoms with E-state index in [2.05, 4.69) is 33.8 Å². The van der Waals surface area contributed by atoms with Gasteiger partial charge in [0.15, 0.2) is 0 Å². The Morgan fingerprint density at radius 3 is 2.94 bits per heavy atom. The highest BCUT2D eigenvalue weighted by Gasteiger charge is 2.29. The lowest BCUT2D eigenvalue weighted by molar-refractivity contribution is 0.195. The van der Waals surface area contributed by atoms with Crippen LogP contribution in [0.2, 0.25) is 5.02 Å². The maximum atomic E-state index is 6.29. The first-order chi connectivity index (χ1) is 8.13. The summed E-state index contributed by atoms with van der Waals surface area (Å²) in [4.78, 5) is 2.47. The number of nitrogens with two attached hydrogens (primary N) is 1. The van der Waals surface area contributed by atoms with E-state index in [-0.39, 0.29) is 6.04 Å². The molecule has 0 bridgehead atoms. The summed E-state index contributed by atoms with van der Waals surface area (Å²) in [6, 6.07) is 6.82. The number of likely N-dealkylation sites (tertiary alicyclic amines) is 1. The van der Waals surface area contributed by atoms with E-state index in [0.717, 1.165) is 21.6 Å². The molecule has 1 saturated heterocycles. The molecule has 2 nitrogen and oxygen atoms in total. The largest absolute Gasteiger partial charge is 0.329 e. The smallest absolute Gasteiger partial charge is 0.0488 e. The van der Waals surface area contributed by atoms with E-state index in [4.69, 9.17) is 17.3 Å². The molecule has 17 heavy (non-hydrogen) atoms. The summed E-state index contributed by atoms with van der Waals surface area (Å²) in [5, 5.41) is 0.808. The van der Waals surface area contributed by atoms with Crippen LogP contribution in [-0.4, -0.2) is 24.0 Å². The standard InChI is InChI=1S/C13H18BrClN2/c1-9-3-2-6-17(9)13(8-16)11-7-10(14)4-5-12(11)15/h4-5,7,9,13H,2-3,6,8,16H2,1H3. The average Bonchev–Trinajstić information content (AvgIpc) is 2.71. The first-order valence-electron chi connectivity index (χ1n) is 6.04. The maximum Gasteiger partial charge on any atom is 0.0488 e. The summed E-state index contributed by atoms with van der Waals surface area (Å²) < 4.78 is 1.06. The highest BCUT2D eigenvalue weighted by atomic mass is 79.9. The summed E-state index contributed by atoms with van der Waals surface area (Å²) in [5.74, 6) is 0. The van der Waals surface area contributed by atoms with E-state index in [9.17, 15) is 0 Å². The predicted molar refractivity (Wildman–Crippen MR) is 76.3 cm³/mol. The van der Waals surface area contributed by atoms with Crippen molar-refractivity contribution in [2.45, 2.75) is 31.8 Å². The van der Waals surface area contributed by atoms with Gasteiger partial charge in [-0.3, -0.25) is 4.90 Å². The first-order valence-corrected chi connectivity index (χ1v) is 7.21. The van der Waals surface area contributed by atoms with Crippen LogP contribution < -0.4 is 5.73 Å². The number of benzene rings is 1. The summed E-state index contributed by atoms with van der Waals surface area (Å²) in [5.41, 5.74) is 7.09. The molecule has 1 aliphatic heterocycles. The normalized spacial score (nSPS) is 22.9. The van der Waals surface area contributed by atoms with Crippen LogP contribution >= 0.6 is 27.5 Å². The Morgan fingerprint density at radius 1 is 1.59 bits per heavy atom. The van der Waals surface area contributed by atoms with Gasteiger partial charge in [0, 0.05) is 28.1 Å². The van der Waals surface area contributed by atoms with Crippen molar-refractivity contribution >= 4 is 27.5 Å². The molecule has 2 rings (SSSR count). The zero-order valence-corrected chi connectivity index (χ0v) is 12.3. The zero-order valence-electron chi connectivity index (χ0n) is 10.00. The van der Waals surface area contributed by atoms with Crippen molar-refractivity contribution in [1.82, 2.24) is 4.90 Å². The minimum Gasteiger partial charge on any atom is -0.329 e. The molecule has 1 aromatic carbocycles. The summed E-state index contributed by atoms with van der Waals surface area (Å²) in [7, 11) is 0. The average molecular weight is 318 g/mol. The molecule has 0 aliphatic carbocycles. The molecular weight excluding hydrogens is 300 g/mol. The molecule has 1 fully saturated rings. The van der Waals surface area contributed by atoms with E-state index < -0.39 is 0 Å². The second-order valence-electron chi connectivity index (χ2n) is 4.65. The van der Waals surface area contributed by atoms with Gasteiger partial charge in [-0.2, -0.15) is 0 Å². The molecule has 0 amide bonds. The third kappa shape index (κ3) is 2.84. The third-order valence-corrected chi connectivity index (χ3v) is 4.38. The van der Waals surface area contributed by atoms with Crippen molar-refractivity contribution in [2.24, 2.45) is 5.73 Å². The summed E-state index contributed by atoms with van der Waals surface area (Å²) in [6.45, 7) is 3.99. The topological polar surface area (TPSA) is 29.3 Å². The van der Waals surface area contributed by atoms with Crippen LogP contribution in [0.5, 0.6) is 0 Å². The van der Waals surface area contributed by atoms with Crippen LogP contribution in [0.25, 0.3) is 0 Å². The Morgan fingerprint density at radius 2 is 2.35 bits per heavy atom. The van der Waals surface area contributed by atoms with Crippen molar-refractivity contribution < 1.29 is 0 Å². The molecular formula is C13H18BrClN2. The first kappa shape index (κ1) is 13.3. The van der Waals surface area contributed by atoms with Gasteiger partial charge in [-0.05, 0) is 50.1 Å². The van der Waals surface area contributed by atoms with Gasteiger partial charge in [0.05, 0.1) is 0 Å². The highest BCUT2D eigenvalue weighted by Crippen LogP contribution is 2.33. The van der Waals surface area contributed by atoms with Gasteiger partial charge in [0.2, 0.25) is 0 Å². The Balaban J connectivity index is 2.31. The van der Waals surface area contributed by atoms with Crippen molar-refractivity contribution in [3.05, 3.63) is 33.3 Å². The monoisotopic (exact) mass is 316 g/mol. The fourth-order valence-electron chi connectivity index (χ4n) is 2.63. The SMILES string of the molecule is CC1CCCN1C(CN)c1cc(Br)ccc1Cl. The summed E-state index contributed by atoms with van der Waals surface area (Å²) >= 11 is 9.79. The lowest BCUT2D eigenvalue weighted by atomic mass is 10.0. The zero-order chi connectivity index (χ0) is 12.4. The van der Waals surface area contributed by atoms with Crippen LogP contribution in [0.15, 0.2) is 22.7 Å². The van der Waals surface area contributed by atoms with Crippen molar-refractivity contribution in [1.29, 1.82) is 0 Å². The molecule has 1 aromatic rings. The van der Waals surface area contributed by atoms with Gasteiger partial charge >= 0.3 is 0 Å². The molecule has 2 N–H and O–H groups in total. The second-order valence-corrected chi connectivity index (χ2v) is 5.97. The molecule has 2 atom stereocenters. The van der Waals surface area contributed by atoms with Crippen molar-refractivity contribution in [3.8, 4) is 0 Å². The molecule has 1 heterocycles. The number of hydrogen-bond acceptors (Lipinski definition) is 2. The fraction of sp³-hybridized carbons (Fsp3) is 0.538. The van der Waals surface area contributed by atoms with Gasteiger partial charge in [0.25, 0.3) is 0 Å². The molecule has 1 aliphatic rings. The van der Waals surface area contributed by atoms with Crippen LogP contribution in [-0.2, 0) is 0 Å². The number of halogens is 2. The Hall–Kier alpha value is -0.0900. The molecule has 0 aromatic heterocycles. The minimum atomic E-state index is 0.234. The highest BCUT2D eigenvalue weighted by molar-refractivity contribution is 9.10. The quantitative estimate of drug-likeness (QED) is 0.923. The number of hydrogen-bond donors (Lipinski definition) is 1. The van der Waals surface area contributed by atoms with Crippen LogP contribution in [0.1, 0.15) is 31.4 Å². The molecule has 4 heteroatoms. The van der Waals surface area contributed by atoms with Crippen LogP contribution in [0.4, 0.5) is 0 Å². The van der Waals surface area contributed by atoms with Crippen molar-refractivity contribution in [2.75, 3.05) is 13.1 Å². The van der Waals surface area contributed by atoms with E-state index in [0.29, 0.717) is 12.6 Å². The van der Waals surface area contributed by atoms with Crippen LogP contribution in [0, 0.1) is 0 Å². The van der Waals surface area contributed by atoms with Gasteiger partial charge in [0.1, 0.15) is 0 Å². The van der Waals surface area contributed by atoms with Crippen LogP contribution in [0.3, 0.4) is 0 Å². The van der Waals surface area contributed by atoms with Gasteiger partial charge < -0.3 is 5.73 Å². The lowest BCUT2D eigenvalue weighted by Gasteiger charge is -2.31. The Bertz CT molecular complexity index is 397. The second kappa shape index (κ2) is 5.70. The molecule has 0 spiro atoms. The van der Waals surface area contributed by atoms with Crippen molar-refractivity contribution in [3.63, 3.8) is 0 Å². The van der Waals surface area contributed by atoms with E-state index in [1.807, 2.05) is 12.1 Å². The molecule has 0 saturated carbocycles. The van der Waals surface area contributed by atoms with Gasteiger partial charge in [-0.25, -0.2) is 0 Å². The van der Waals surface area contributed by atoms with Gasteiger partial charge in [-0.1, -0.05) is 27.5 Å². The predicted octanol–water partition coefficient (Wildman–Crippen LogP) is 3.59. The Kier molecular flexibility index (Phi) is 4.47.